The number of fused-ring (bicyclic) bond motifs is 1. The topological polar surface area (TPSA) is 67.3 Å². The van der Waals surface area contributed by atoms with E-state index in [4.69, 9.17) is 16.3 Å². The van der Waals surface area contributed by atoms with Crippen LogP contribution in [0.5, 0.6) is 5.75 Å². The first-order valence-corrected chi connectivity index (χ1v) is 9.37. The van der Waals surface area contributed by atoms with Crippen LogP contribution in [0.25, 0.3) is 0 Å². The van der Waals surface area contributed by atoms with Gasteiger partial charge in [-0.1, -0.05) is 29.8 Å². The van der Waals surface area contributed by atoms with Crippen LogP contribution in [0, 0.1) is 0 Å². The maximum absolute atomic E-state index is 12.7. The molecule has 0 saturated carbocycles. The van der Waals surface area contributed by atoms with E-state index in [2.05, 4.69) is 32.3 Å². The van der Waals surface area contributed by atoms with Crippen LogP contribution in [0.15, 0.2) is 54.7 Å². The Hall–Kier alpha value is -3.12. The quantitative estimate of drug-likeness (QED) is 0.706. The van der Waals surface area contributed by atoms with Crippen molar-refractivity contribution in [1.29, 1.82) is 0 Å². The van der Waals surface area contributed by atoms with Gasteiger partial charge < -0.3 is 15.0 Å². The summed E-state index contributed by atoms with van der Waals surface area (Å²) in [5.74, 6) is 0.746. The van der Waals surface area contributed by atoms with E-state index in [0.29, 0.717) is 28.1 Å². The molecule has 28 heavy (non-hydrogen) atoms. The second kappa shape index (κ2) is 7.86. The highest BCUT2D eigenvalue weighted by Crippen LogP contribution is 2.31. The lowest BCUT2D eigenvalue weighted by Gasteiger charge is -2.29. The number of para-hydroxylation sites is 1. The average molecular weight is 395 g/mol. The molecule has 0 fully saturated rings. The van der Waals surface area contributed by atoms with E-state index in [1.54, 1.807) is 37.6 Å². The molecule has 1 aromatic heterocycles. The van der Waals surface area contributed by atoms with E-state index < -0.39 is 0 Å². The molecule has 4 rings (SSSR count). The average Bonchev–Trinajstić information content (AvgIpc) is 2.73. The Morgan fingerprint density at radius 2 is 2.07 bits per heavy atom. The summed E-state index contributed by atoms with van der Waals surface area (Å²) >= 11 is 6.13. The van der Waals surface area contributed by atoms with E-state index in [0.717, 1.165) is 25.1 Å². The van der Waals surface area contributed by atoms with Gasteiger partial charge in [0.1, 0.15) is 11.4 Å². The molecule has 6 nitrogen and oxygen atoms in total. The number of nitrogens with one attached hydrogen (secondary N) is 1. The Bertz CT molecular complexity index is 1020. The maximum atomic E-state index is 12.7. The lowest BCUT2D eigenvalue weighted by Crippen LogP contribution is -2.27. The molecule has 3 aromatic rings. The van der Waals surface area contributed by atoms with E-state index in [9.17, 15) is 4.79 Å². The molecule has 142 valence electrons. The minimum atomic E-state index is -0.324. The number of methoxy groups -OCH3 is 1. The van der Waals surface area contributed by atoms with Gasteiger partial charge in [0.25, 0.3) is 5.91 Å². The lowest BCUT2D eigenvalue weighted by molar-refractivity contribution is 0.102. The number of aryl methyl sites for hydroxylation is 1. The van der Waals surface area contributed by atoms with Gasteiger partial charge in [-0.3, -0.25) is 4.79 Å². The van der Waals surface area contributed by atoms with Crippen LogP contribution < -0.4 is 15.0 Å². The minimum absolute atomic E-state index is 0.292. The first kappa shape index (κ1) is 18.3. The van der Waals surface area contributed by atoms with Crippen molar-refractivity contribution in [1.82, 2.24) is 9.97 Å². The summed E-state index contributed by atoms with van der Waals surface area (Å²) in [6.45, 7) is 0.816. The molecule has 2 heterocycles. The highest BCUT2D eigenvalue weighted by atomic mass is 35.5. The van der Waals surface area contributed by atoms with Crippen molar-refractivity contribution in [3.05, 3.63) is 71.0 Å². The standard InChI is InChI=1S/C21H19ClN4O2/c1-28-19-9-8-15(13-16(19)22)24-20(27)17-10-11-23-21(25-17)26-12-4-6-14-5-2-3-7-18(14)26/h2-3,5,7-11,13H,4,6,12H2,1H3,(H,24,27). The number of rotatable bonds is 4. The minimum Gasteiger partial charge on any atom is -0.495 e. The number of hydrogen-bond acceptors (Lipinski definition) is 5. The fourth-order valence-corrected chi connectivity index (χ4v) is 3.54. The first-order valence-electron chi connectivity index (χ1n) is 8.99. The number of hydrogen-bond donors (Lipinski definition) is 1. The van der Waals surface area contributed by atoms with Crippen LogP contribution in [-0.4, -0.2) is 29.5 Å². The van der Waals surface area contributed by atoms with E-state index in [-0.39, 0.29) is 5.91 Å². The molecule has 1 aliphatic heterocycles. The van der Waals surface area contributed by atoms with Gasteiger partial charge in [-0.15, -0.1) is 0 Å². The summed E-state index contributed by atoms with van der Waals surface area (Å²) in [5.41, 5.74) is 3.22. The number of anilines is 3. The smallest absolute Gasteiger partial charge is 0.274 e. The van der Waals surface area contributed by atoms with Gasteiger partial charge in [0.05, 0.1) is 12.1 Å². The normalized spacial score (nSPS) is 13.0. The van der Waals surface area contributed by atoms with Gasteiger partial charge in [-0.05, 0) is 48.7 Å². The Morgan fingerprint density at radius 3 is 2.89 bits per heavy atom. The monoisotopic (exact) mass is 394 g/mol. The van der Waals surface area contributed by atoms with Crippen LogP contribution in [0.3, 0.4) is 0 Å². The van der Waals surface area contributed by atoms with Crippen molar-refractivity contribution in [3.63, 3.8) is 0 Å². The second-order valence-electron chi connectivity index (χ2n) is 6.43. The second-order valence-corrected chi connectivity index (χ2v) is 6.84. The van der Waals surface area contributed by atoms with Crippen LogP contribution in [0.2, 0.25) is 5.02 Å². The van der Waals surface area contributed by atoms with E-state index in [1.165, 1.54) is 5.56 Å². The molecule has 0 spiro atoms. The van der Waals surface area contributed by atoms with Crippen molar-refractivity contribution in [3.8, 4) is 5.75 Å². The first-order chi connectivity index (χ1) is 13.7. The molecule has 1 amide bonds. The number of carbonyl (C=O) groups excluding carboxylic acids is 1. The summed E-state index contributed by atoms with van der Waals surface area (Å²) in [6.07, 6.45) is 3.65. The predicted molar refractivity (Wildman–Crippen MR) is 110 cm³/mol. The molecule has 0 aliphatic carbocycles. The third-order valence-electron chi connectivity index (χ3n) is 4.64. The molecule has 1 N–H and O–H groups in total. The summed E-state index contributed by atoms with van der Waals surface area (Å²) in [7, 11) is 1.54. The zero-order valence-corrected chi connectivity index (χ0v) is 16.1. The van der Waals surface area contributed by atoms with Gasteiger partial charge in [-0.25, -0.2) is 9.97 Å². The summed E-state index contributed by atoms with van der Waals surface area (Å²) in [5, 5.41) is 3.24. The van der Waals surface area contributed by atoms with Gasteiger partial charge >= 0.3 is 0 Å². The zero-order chi connectivity index (χ0) is 19.5. The third kappa shape index (κ3) is 3.64. The number of amides is 1. The summed E-state index contributed by atoms with van der Waals surface area (Å²) in [6, 6.07) is 14.9. The molecule has 2 aromatic carbocycles. The van der Waals surface area contributed by atoms with Crippen molar-refractivity contribution < 1.29 is 9.53 Å². The van der Waals surface area contributed by atoms with E-state index in [1.807, 2.05) is 12.1 Å². The number of benzene rings is 2. The van der Waals surface area contributed by atoms with Crippen molar-refractivity contribution in [2.24, 2.45) is 0 Å². The van der Waals surface area contributed by atoms with Crippen LogP contribution in [0.4, 0.5) is 17.3 Å². The Labute approximate surface area is 168 Å². The Balaban J connectivity index is 1.57. The fourth-order valence-electron chi connectivity index (χ4n) is 3.29. The van der Waals surface area contributed by atoms with Gasteiger partial charge in [0.15, 0.2) is 0 Å². The summed E-state index contributed by atoms with van der Waals surface area (Å²) in [4.78, 5) is 23.6. The van der Waals surface area contributed by atoms with Crippen molar-refractivity contribution in [2.75, 3.05) is 23.9 Å². The molecule has 1 aliphatic rings. The van der Waals surface area contributed by atoms with E-state index >= 15 is 0 Å². The number of carbonyl (C=O) groups is 1. The molecule has 0 unspecified atom stereocenters. The summed E-state index contributed by atoms with van der Waals surface area (Å²) < 4.78 is 5.13. The van der Waals surface area contributed by atoms with Gasteiger partial charge in [0, 0.05) is 24.1 Å². The number of ether oxygens (including phenoxy) is 1. The highest BCUT2D eigenvalue weighted by molar-refractivity contribution is 6.32. The largest absolute Gasteiger partial charge is 0.495 e. The molecular formula is C21H19ClN4O2. The SMILES string of the molecule is COc1ccc(NC(=O)c2ccnc(N3CCCc4ccccc43)n2)cc1Cl. The molecule has 0 bridgehead atoms. The molecular weight excluding hydrogens is 376 g/mol. The zero-order valence-electron chi connectivity index (χ0n) is 15.4. The molecule has 0 radical (unpaired) electrons. The Morgan fingerprint density at radius 1 is 1.21 bits per heavy atom. The number of nitrogens with zero attached hydrogens (tertiary/aromatic N) is 3. The van der Waals surface area contributed by atoms with Gasteiger partial charge in [-0.2, -0.15) is 0 Å². The number of aromatic nitrogens is 2. The van der Waals surface area contributed by atoms with Crippen LogP contribution in [0.1, 0.15) is 22.5 Å². The molecule has 0 saturated heterocycles. The van der Waals surface area contributed by atoms with Crippen LogP contribution >= 0.6 is 11.6 Å². The maximum Gasteiger partial charge on any atom is 0.274 e. The highest BCUT2D eigenvalue weighted by Gasteiger charge is 2.21. The fraction of sp³-hybridized carbons (Fsp3) is 0.190. The lowest BCUT2D eigenvalue weighted by atomic mass is 10.0. The molecule has 0 atom stereocenters. The predicted octanol–water partition coefficient (Wildman–Crippen LogP) is 4.48. The van der Waals surface area contributed by atoms with Crippen molar-refractivity contribution in [2.45, 2.75) is 12.8 Å². The molecule has 7 heteroatoms. The number of halogens is 1. The third-order valence-corrected chi connectivity index (χ3v) is 4.93. The van der Waals surface area contributed by atoms with Crippen LogP contribution in [-0.2, 0) is 6.42 Å². The van der Waals surface area contributed by atoms with Gasteiger partial charge in [0.2, 0.25) is 5.95 Å². The van der Waals surface area contributed by atoms with Crippen molar-refractivity contribution >= 4 is 34.8 Å². The Kier molecular flexibility index (Phi) is 5.12.